The number of benzene rings is 1. The van der Waals surface area contributed by atoms with Crippen molar-refractivity contribution in [1.29, 1.82) is 0 Å². The summed E-state index contributed by atoms with van der Waals surface area (Å²) >= 11 is 0. The van der Waals surface area contributed by atoms with Crippen LogP contribution >= 0.6 is 0 Å². The Morgan fingerprint density at radius 2 is 2.06 bits per heavy atom. The molecule has 1 fully saturated rings. The lowest BCUT2D eigenvalue weighted by molar-refractivity contribution is 0.185. The Morgan fingerprint density at radius 3 is 2.83 bits per heavy atom. The van der Waals surface area contributed by atoms with Gasteiger partial charge in [-0.25, -0.2) is 0 Å². The summed E-state index contributed by atoms with van der Waals surface area (Å²) in [6, 6.07) is 6.70. The van der Waals surface area contributed by atoms with E-state index in [1.54, 1.807) is 0 Å². The van der Waals surface area contributed by atoms with Crippen LogP contribution in [0.2, 0.25) is 0 Å². The molecule has 96 valence electrons. The maximum Gasteiger partial charge on any atom is 0.0679 e. The van der Waals surface area contributed by atoms with Gasteiger partial charge in [0.05, 0.1) is 11.7 Å². The van der Waals surface area contributed by atoms with Gasteiger partial charge in [0.25, 0.3) is 0 Å². The van der Waals surface area contributed by atoms with Crippen molar-refractivity contribution in [3.63, 3.8) is 0 Å². The van der Waals surface area contributed by atoms with Crippen LogP contribution < -0.4 is 0 Å². The average Bonchev–Trinajstić information content (AvgIpc) is 2.74. The van der Waals surface area contributed by atoms with Crippen LogP contribution in [0.4, 0.5) is 0 Å². The summed E-state index contributed by atoms with van der Waals surface area (Å²) < 4.78 is 1.93. The molecule has 0 amide bonds. The molecule has 1 aliphatic rings. The van der Waals surface area contributed by atoms with E-state index in [9.17, 15) is 0 Å². The Labute approximate surface area is 108 Å². The van der Waals surface area contributed by atoms with Crippen molar-refractivity contribution in [2.45, 2.75) is 26.3 Å². The van der Waals surface area contributed by atoms with E-state index in [1.165, 1.54) is 42.4 Å². The first-order chi connectivity index (χ1) is 8.72. The van der Waals surface area contributed by atoms with Crippen LogP contribution in [0, 0.1) is 5.92 Å². The Balaban J connectivity index is 1.74. The molecule has 2 heterocycles. The number of likely N-dealkylation sites (tertiary alicyclic amines) is 1. The standard InChI is InChI=1S/C15H21N3/c1-12-5-7-18(8-6-12)11-13-3-4-15-14(9-13)10-16-17(15)2/h3-4,9-10,12H,5-8,11H2,1-2H3. The molecule has 0 N–H and O–H groups in total. The highest BCUT2D eigenvalue weighted by Crippen LogP contribution is 2.20. The van der Waals surface area contributed by atoms with Crippen LogP contribution in [-0.2, 0) is 13.6 Å². The van der Waals surface area contributed by atoms with Crippen LogP contribution in [0.1, 0.15) is 25.3 Å². The van der Waals surface area contributed by atoms with E-state index in [-0.39, 0.29) is 0 Å². The minimum absolute atomic E-state index is 0.905. The van der Waals surface area contributed by atoms with Gasteiger partial charge in [-0.15, -0.1) is 0 Å². The Bertz CT molecular complexity index is 536. The first-order valence-electron chi connectivity index (χ1n) is 6.85. The summed E-state index contributed by atoms with van der Waals surface area (Å²) in [5, 5.41) is 5.55. The molecule has 0 atom stereocenters. The molecule has 3 nitrogen and oxygen atoms in total. The van der Waals surface area contributed by atoms with Gasteiger partial charge in [0.1, 0.15) is 0 Å². The van der Waals surface area contributed by atoms with Gasteiger partial charge in [-0.3, -0.25) is 9.58 Å². The van der Waals surface area contributed by atoms with Crippen molar-refractivity contribution in [3.8, 4) is 0 Å². The van der Waals surface area contributed by atoms with E-state index in [0.717, 1.165) is 12.5 Å². The molecule has 0 spiro atoms. The molecule has 1 saturated heterocycles. The molecule has 0 unspecified atom stereocenters. The van der Waals surface area contributed by atoms with Crippen LogP contribution in [0.15, 0.2) is 24.4 Å². The van der Waals surface area contributed by atoms with E-state index < -0.39 is 0 Å². The van der Waals surface area contributed by atoms with Crippen molar-refractivity contribution in [3.05, 3.63) is 30.0 Å². The smallest absolute Gasteiger partial charge is 0.0679 e. The summed E-state index contributed by atoms with van der Waals surface area (Å²) in [5.41, 5.74) is 2.62. The first-order valence-corrected chi connectivity index (χ1v) is 6.85. The Kier molecular flexibility index (Phi) is 3.08. The minimum atomic E-state index is 0.905. The number of aryl methyl sites for hydroxylation is 1. The fraction of sp³-hybridized carbons (Fsp3) is 0.533. The summed E-state index contributed by atoms with van der Waals surface area (Å²) in [5.74, 6) is 0.905. The first kappa shape index (κ1) is 11.7. The maximum atomic E-state index is 4.30. The van der Waals surface area contributed by atoms with Gasteiger partial charge in [0.2, 0.25) is 0 Å². The predicted molar refractivity (Wildman–Crippen MR) is 74.4 cm³/mol. The molecule has 0 saturated carbocycles. The molecule has 1 aliphatic heterocycles. The zero-order valence-corrected chi connectivity index (χ0v) is 11.3. The molecule has 2 aromatic rings. The van der Waals surface area contributed by atoms with Gasteiger partial charge in [-0.2, -0.15) is 5.10 Å². The third kappa shape index (κ3) is 2.27. The Hall–Kier alpha value is -1.35. The van der Waals surface area contributed by atoms with E-state index in [2.05, 4.69) is 35.1 Å². The highest BCUT2D eigenvalue weighted by molar-refractivity contribution is 5.79. The van der Waals surface area contributed by atoms with Gasteiger partial charge in [0, 0.05) is 19.0 Å². The Morgan fingerprint density at radius 1 is 1.28 bits per heavy atom. The van der Waals surface area contributed by atoms with Crippen LogP contribution in [-0.4, -0.2) is 27.8 Å². The maximum absolute atomic E-state index is 4.30. The van der Waals surface area contributed by atoms with Crippen molar-refractivity contribution in [2.24, 2.45) is 13.0 Å². The number of rotatable bonds is 2. The van der Waals surface area contributed by atoms with Crippen molar-refractivity contribution < 1.29 is 0 Å². The van der Waals surface area contributed by atoms with Gasteiger partial charge >= 0.3 is 0 Å². The summed E-state index contributed by atoms with van der Waals surface area (Å²) in [4.78, 5) is 2.57. The third-order valence-corrected chi connectivity index (χ3v) is 4.09. The minimum Gasteiger partial charge on any atom is -0.299 e. The van der Waals surface area contributed by atoms with E-state index in [1.807, 2.05) is 17.9 Å². The van der Waals surface area contributed by atoms with Crippen LogP contribution in [0.3, 0.4) is 0 Å². The highest BCUT2D eigenvalue weighted by atomic mass is 15.2. The van der Waals surface area contributed by atoms with Gasteiger partial charge in [0.15, 0.2) is 0 Å². The molecule has 0 radical (unpaired) electrons. The second-order valence-corrected chi connectivity index (χ2v) is 5.62. The lowest BCUT2D eigenvalue weighted by Crippen LogP contribution is -2.32. The molecular weight excluding hydrogens is 222 g/mol. The zero-order valence-electron chi connectivity index (χ0n) is 11.3. The van der Waals surface area contributed by atoms with E-state index >= 15 is 0 Å². The lowest BCUT2D eigenvalue weighted by atomic mass is 9.99. The number of hydrogen-bond donors (Lipinski definition) is 0. The number of aromatic nitrogens is 2. The number of piperidine rings is 1. The SMILES string of the molecule is CC1CCN(Cc2ccc3c(cnn3C)c2)CC1. The summed E-state index contributed by atoms with van der Waals surface area (Å²) in [7, 11) is 1.99. The van der Waals surface area contributed by atoms with Crippen molar-refractivity contribution in [2.75, 3.05) is 13.1 Å². The van der Waals surface area contributed by atoms with Crippen molar-refractivity contribution >= 4 is 10.9 Å². The van der Waals surface area contributed by atoms with Gasteiger partial charge < -0.3 is 0 Å². The van der Waals surface area contributed by atoms with Crippen LogP contribution in [0.25, 0.3) is 10.9 Å². The van der Waals surface area contributed by atoms with E-state index in [0.29, 0.717) is 0 Å². The molecule has 0 aliphatic carbocycles. The van der Waals surface area contributed by atoms with Gasteiger partial charge in [-0.1, -0.05) is 13.0 Å². The summed E-state index contributed by atoms with van der Waals surface area (Å²) in [6.45, 7) is 5.93. The fourth-order valence-corrected chi connectivity index (χ4v) is 2.79. The zero-order chi connectivity index (χ0) is 12.5. The molecular formula is C15H21N3. The van der Waals surface area contributed by atoms with E-state index in [4.69, 9.17) is 0 Å². The monoisotopic (exact) mass is 243 g/mol. The second-order valence-electron chi connectivity index (χ2n) is 5.62. The highest BCUT2D eigenvalue weighted by Gasteiger charge is 2.15. The quantitative estimate of drug-likeness (QED) is 0.808. The molecule has 3 rings (SSSR count). The van der Waals surface area contributed by atoms with Gasteiger partial charge in [-0.05, 0) is 49.5 Å². The number of fused-ring (bicyclic) bond motifs is 1. The molecule has 18 heavy (non-hydrogen) atoms. The average molecular weight is 243 g/mol. The molecule has 1 aromatic carbocycles. The fourth-order valence-electron chi connectivity index (χ4n) is 2.79. The molecule has 3 heteroatoms. The molecule has 1 aromatic heterocycles. The number of hydrogen-bond acceptors (Lipinski definition) is 2. The third-order valence-electron chi connectivity index (χ3n) is 4.09. The summed E-state index contributed by atoms with van der Waals surface area (Å²) in [6.07, 6.45) is 4.64. The topological polar surface area (TPSA) is 21.1 Å². The number of nitrogens with zero attached hydrogens (tertiary/aromatic N) is 3. The largest absolute Gasteiger partial charge is 0.299 e. The normalized spacial score (nSPS) is 18.6. The molecule has 0 bridgehead atoms. The lowest BCUT2D eigenvalue weighted by Gasteiger charge is -2.30. The van der Waals surface area contributed by atoms with Crippen LogP contribution in [0.5, 0.6) is 0 Å². The van der Waals surface area contributed by atoms with Crippen molar-refractivity contribution in [1.82, 2.24) is 14.7 Å². The second kappa shape index (κ2) is 4.73. The predicted octanol–water partition coefficient (Wildman–Crippen LogP) is 2.81.